The minimum atomic E-state index is -0.105. The predicted octanol–water partition coefficient (Wildman–Crippen LogP) is 4.28. The number of thioether (sulfide) groups is 1. The molecule has 0 spiro atoms. The van der Waals surface area contributed by atoms with E-state index >= 15 is 0 Å². The number of nitrogens with one attached hydrogen (secondary N) is 1. The molecule has 2 aliphatic rings. The minimum Gasteiger partial charge on any atom is -0.307 e. The minimum absolute atomic E-state index is 0.105. The van der Waals surface area contributed by atoms with Crippen LogP contribution >= 0.6 is 11.8 Å². The largest absolute Gasteiger partial charge is 0.307 e. The van der Waals surface area contributed by atoms with Gasteiger partial charge in [-0.05, 0) is 48.8 Å². The molecule has 1 aromatic rings. The maximum Gasteiger partial charge on any atom is 0.123 e. The summed E-state index contributed by atoms with van der Waals surface area (Å²) in [6.45, 7) is 0. The van der Waals surface area contributed by atoms with Crippen LogP contribution in [-0.4, -0.2) is 11.8 Å². The van der Waals surface area contributed by atoms with E-state index in [2.05, 4.69) is 5.32 Å². The molecule has 1 N–H and O–H groups in total. The molecule has 18 heavy (non-hydrogen) atoms. The van der Waals surface area contributed by atoms with Crippen molar-refractivity contribution in [3.8, 4) is 0 Å². The molecule has 1 aliphatic heterocycles. The SMILES string of the molecule is Fc1ccc2c(c1)C(NC1CCCCC1)CCS2. The summed E-state index contributed by atoms with van der Waals surface area (Å²) in [6.07, 6.45) is 7.76. The first kappa shape index (κ1) is 12.5. The lowest BCUT2D eigenvalue weighted by Crippen LogP contribution is -2.35. The number of hydrogen-bond donors (Lipinski definition) is 1. The zero-order chi connectivity index (χ0) is 12.4. The van der Waals surface area contributed by atoms with Gasteiger partial charge in [-0.25, -0.2) is 4.39 Å². The molecule has 1 heterocycles. The molecule has 3 heteroatoms. The van der Waals surface area contributed by atoms with E-state index in [0.29, 0.717) is 12.1 Å². The highest BCUT2D eigenvalue weighted by molar-refractivity contribution is 7.99. The van der Waals surface area contributed by atoms with E-state index in [0.717, 1.165) is 12.2 Å². The molecule has 1 atom stereocenters. The molecular weight excluding hydrogens is 245 g/mol. The summed E-state index contributed by atoms with van der Waals surface area (Å²) in [7, 11) is 0. The first-order valence-corrected chi connectivity index (χ1v) is 8.00. The molecule has 1 unspecified atom stereocenters. The van der Waals surface area contributed by atoms with Crippen LogP contribution in [0.1, 0.15) is 50.1 Å². The van der Waals surface area contributed by atoms with Crippen molar-refractivity contribution in [1.82, 2.24) is 5.32 Å². The molecule has 0 amide bonds. The number of hydrogen-bond acceptors (Lipinski definition) is 2. The first-order chi connectivity index (χ1) is 8.83. The van der Waals surface area contributed by atoms with E-state index in [9.17, 15) is 4.39 Å². The average molecular weight is 265 g/mol. The second-order valence-electron chi connectivity index (χ2n) is 5.37. The van der Waals surface area contributed by atoms with Crippen molar-refractivity contribution < 1.29 is 4.39 Å². The summed E-state index contributed by atoms with van der Waals surface area (Å²) in [5.74, 6) is 1.04. The molecule has 98 valence electrons. The Morgan fingerprint density at radius 3 is 2.78 bits per heavy atom. The van der Waals surface area contributed by atoms with Gasteiger partial charge in [-0.2, -0.15) is 0 Å². The van der Waals surface area contributed by atoms with E-state index in [1.165, 1.54) is 42.6 Å². The van der Waals surface area contributed by atoms with Crippen LogP contribution in [0.4, 0.5) is 4.39 Å². The van der Waals surface area contributed by atoms with Crippen molar-refractivity contribution in [3.05, 3.63) is 29.6 Å². The van der Waals surface area contributed by atoms with Crippen molar-refractivity contribution in [3.63, 3.8) is 0 Å². The highest BCUT2D eigenvalue weighted by atomic mass is 32.2. The summed E-state index contributed by atoms with van der Waals surface area (Å²) < 4.78 is 13.4. The Morgan fingerprint density at radius 1 is 1.11 bits per heavy atom. The Hall–Kier alpha value is -0.540. The molecule has 1 aliphatic carbocycles. The lowest BCUT2D eigenvalue weighted by molar-refractivity contribution is 0.331. The van der Waals surface area contributed by atoms with Crippen LogP contribution in [0.2, 0.25) is 0 Å². The third-order valence-corrected chi connectivity index (χ3v) is 5.18. The van der Waals surface area contributed by atoms with Gasteiger partial charge in [0.25, 0.3) is 0 Å². The van der Waals surface area contributed by atoms with Crippen molar-refractivity contribution in [2.24, 2.45) is 0 Å². The average Bonchev–Trinajstić information content (AvgIpc) is 2.41. The summed E-state index contributed by atoms with van der Waals surface area (Å²) in [5, 5.41) is 3.76. The van der Waals surface area contributed by atoms with Gasteiger partial charge >= 0.3 is 0 Å². The van der Waals surface area contributed by atoms with Crippen molar-refractivity contribution in [1.29, 1.82) is 0 Å². The Labute approximate surface area is 113 Å². The third-order valence-electron chi connectivity index (χ3n) is 4.05. The number of benzene rings is 1. The van der Waals surface area contributed by atoms with Gasteiger partial charge in [0.15, 0.2) is 0 Å². The van der Waals surface area contributed by atoms with Crippen molar-refractivity contribution in [2.45, 2.75) is 55.5 Å². The Bertz CT molecular complexity index is 415. The number of fused-ring (bicyclic) bond motifs is 1. The Balaban J connectivity index is 1.75. The molecule has 1 nitrogen and oxygen atoms in total. The second-order valence-corrected chi connectivity index (χ2v) is 6.51. The highest BCUT2D eigenvalue weighted by Gasteiger charge is 2.24. The predicted molar refractivity (Wildman–Crippen MR) is 74.5 cm³/mol. The molecule has 1 saturated carbocycles. The molecule has 3 rings (SSSR count). The van der Waals surface area contributed by atoms with Crippen LogP contribution in [0.3, 0.4) is 0 Å². The first-order valence-electron chi connectivity index (χ1n) is 7.01. The zero-order valence-electron chi connectivity index (χ0n) is 10.6. The van der Waals surface area contributed by atoms with Gasteiger partial charge in [0, 0.05) is 17.0 Å². The molecule has 0 bridgehead atoms. The van der Waals surface area contributed by atoms with Crippen molar-refractivity contribution >= 4 is 11.8 Å². The molecule has 1 fully saturated rings. The maximum atomic E-state index is 13.4. The van der Waals surface area contributed by atoms with Crippen LogP contribution in [0, 0.1) is 5.82 Å². The van der Waals surface area contributed by atoms with Gasteiger partial charge in [0.1, 0.15) is 5.82 Å². The monoisotopic (exact) mass is 265 g/mol. The summed E-state index contributed by atoms with van der Waals surface area (Å²) in [5.41, 5.74) is 1.18. The smallest absolute Gasteiger partial charge is 0.123 e. The third kappa shape index (κ3) is 2.72. The number of rotatable bonds is 2. The van der Waals surface area contributed by atoms with E-state index in [4.69, 9.17) is 0 Å². The Morgan fingerprint density at radius 2 is 1.94 bits per heavy atom. The summed E-state index contributed by atoms with van der Waals surface area (Å²) in [6, 6.07) is 6.24. The van der Waals surface area contributed by atoms with Crippen LogP contribution in [-0.2, 0) is 0 Å². The summed E-state index contributed by atoms with van der Waals surface area (Å²) >= 11 is 1.86. The van der Waals surface area contributed by atoms with E-state index in [1.807, 2.05) is 17.8 Å². The molecule has 0 saturated heterocycles. The fraction of sp³-hybridized carbons (Fsp3) is 0.600. The van der Waals surface area contributed by atoms with Gasteiger partial charge in [0.05, 0.1) is 0 Å². The highest BCUT2D eigenvalue weighted by Crippen LogP contribution is 2.37. The maximum absolute atomic E-state index is 13.4. The van der Waals surface area contributed by atoms with Gasteiger partial charge in [-0.1, -0.05) is 19.3 Å². The van der Waals surface area contributed by atoms with Gasteiger partial charge in [-0.15, -0.1) is 11.8 Å². The molecule has 1 aromatic carbocycles. The fourth-order valence-corrected chi connectivity index (χ4v) is 4.20. The Kier molecular flexibility index (Phi) is 3.90. The van der Waals surface area contributed by atoms with Crippen molar-refractivity contribution in [2.75, 3.05) is 5.75 Å². The summed E-state index contributed by atoms with van der Waals surface area (Å²) in [4.78, 5) is 1.26. The van der Waals surface area contributed by atoms with Crippen LogP contribution in [0.25, 0.3) is 0 Å². The van der Waals surface area contributed by atoms with Gasteiger partial charge in [0.2, 0.25) is 0 Å². The van der Waals surface area contributed by atoms with Crippen LogP contribution in [0.15, 0.2) is 23.1 Å². The van der Waals surface area contributed by atoms with Gasteiger partial charge in [-0.3, -0.25) is 0 Å². The van der Waals surface area contributed by atoms with Crippen LogP contribution < -0.4 is 5.32 Å². The standard InChI is InChI=1S/C15H20FNS/c16-11-6-7-15-13(10-11)14(8-9-18-15)17-12-4-2-1-3-5-12/h6-7,10,12,14,17H,1-5,8-9H2. The fourth-order valence-electron chi connectivity index (χ4n) is 3.09. The second kappa shape index (κ2) is 5.62. The van der Waals surface area contributed by atoms with Crippen LogP contribution in [0.5, 0.6) is 0 Å². The number of halogens is 1. The van der Waals surface area contributed by atoms with Gasteiger partial charge < -0.3 is 5.32 Å². The topological polar surface area (TPSA) is 12.0 Å². The molecule has 0 aromatic heterocycles. The van der Waals surface area contributed by atoms with E-state index in [-0.39, 0.29) is 5.82 Å². The lowest BCUT2D eigenvalue weighted by Gasteiger charge is -2.32. The lowest BCUT2D eigenvalue weighted by atomic mass is 9.93. The quantitative estimate of drug-likeness (QED) is 0.856. The zero-order valence-corrected chi connectivity index (χ0v) is 11.4. The van der Waals surface area contributed by atoms with E-state index < -0.39 is 0 Å². The molecule has 0 radical (unpaired) electrons. The normalized spacial score (nSPS) is 24.8. The molecular formula is C15H20FNS. The van der Waals surface area contributed by atoms with E-state index in [1.54, 1.807) is 12.1 Å².